The molecule has 0 spiro atoms. The van der Waals surface area contributed by atoms with Crippen LogP contribution in [-0.4, -0.2) is 18.4 Å². The molecule has 3 aromatic carbocycles. The van der Waals surface area contributed by atoms with Gasteiger partial charge in [0.2, 0.25) is 5.91 Å². The molecule has 4 rings (SSSR count). The lowest BCUT2D eigenvalue weighted by Gasteiger charge is -2.26. The van der Waals surface area contributed by atoms with Crippen LogP contribution in [0.3, 0.4) is 0 Å². The molecule has 1 fully saturated rings. The number of aryl methyl sites for hydroxylation is 1. The van der Waals surface area contributed by atoms with Crippen molar-refractivity contribution in [3.63, 3.8) is 0 Å². The highest BCUT2D eigenvalue weighted by Crippen LogP contribution is 2.33. The molecule has 4 heteroatoms. The van der Waals surface area contributed by atoms with E-state index in [0.717, 1.165) is 16.8 Å². The van der Waals surface area contributed by atoms with E-state index in [1.165, 1.54) is 5.56 Å². The van der Waals surface area contributed by atoms with Gasteiger partial charge in [0, 0.05) is 24.1 Å². The zero-order valence-electron chi connectivity index (χ0n) is 18.2. The number of amides is 1. The van der Waals surface area contributed by atoms with Crippen molar-refractivity contribution in [1.82, 2.24) is 0 Å². The Bertz CT molecular complexity index is 1090. The van der Waals surface area contributed by atoms with Gasteiger partial charge in [-0.2, -0.15) is 0 Å². The van der Waals surface area contributed by atoms with Crippen molar-refractivity contribution >= 4 is 17.6 Å². The van der Waals surface area contributed by atoms with E-state index < -0.39 is 5.92 Å². The van der Waals surface area contributed by atoms with Crippen LogP contribution in [0.5, 0.6) is 5.75 Å². The molecule has 158 valence electrons. The number of carbonyl (C=O) groups is 2. The second-order valence-electron chi connectivity index (χ2n) is 8.63. The molecule has 1 heterocycles. The minimum Gasteiger partial charge on any atom is -0.426 e. The molecule has 1 atom stereocenters. The third kappa shape index (κ3) is 4.24. The van der Waals surface area contributed by atoms with Gasteiger partial charge in [0.05, 0.1) is 5.92 Å². The maximum Gasteiger partial charge on any atom is 0.316 e. The number of rotatable bonds is 5. The number of nitrogens with zero attached hydrogens (tertiary/aromatic N) is 1. The number of para-hydroxylation sites is 1. The summed E-state index contributed by atoms with van der Waals surface area (Å²) < 4.78 is 5.62. The Morgan fingerprint density at radius 2 is 1.52 bits per heavy atom. The van der Waals surface area contributed by atoms with Gasteiger partial charge in [-0.05, 0) is 41.8 Å². The molecule has 1 aliphatic rings. The van der Waals surface area contributed by atoms with Crippen LogP contribution in [0.25, 0.3) is 0 Å². The fraction of sp³-hybridized carbons (Fsp3) is 0.259. The lowest BCUT2D eigenvalue weighted by molar-refractivity contribution is -0.139. The van der Waals surface area contributed by atoms with Crippen LogP contribution in [0, 0.1) is 12.8 Å². The van der Waals surface area contributed by atoms with E-state index in [0.29, 0.717) is 12.3 Å². The summed E-state index contributed by atoms with van der Waals surface area (Å²) in [5.41, 5.74) is 4.08. The van der Waals surface area contributed by atoms with E-state index in [1.807, 2.05) is 73.7 Å². The normalized spacial score (nSPS) is 16.4. The third-order valence-corrected chi connectivity index (χ3v) is 6.15. The molecule has 0 unspecified atom stereocenters. The molecule has 0 N–H and O–H groups in total. The van der Waals surface area contributed by atoms with Gasteiger partial charge < -0.3 is 9.64 Å². The lowest BCUT2D eigenvalue weighted by Crippen LogP contribution is -2.27. The standard InChI is InChI=1S/C27H27NO3/c1-19-9-7-8-12-24(19)28-18-20(17-25(28)29)26(30)31-23-15-13-22(14-16-23)27(2,3)21-10-5-4-6-11-21/h4-16,20H,17-18H2,1-3H3/t20-/m0/s1. The first-order chi connectivity index (χ1) is 14.9. The highest BCUT2D eigenvalue weighted by atomic mass is 16.5. The molecule has 1 aliphatic heterocycles. The Labute approximate surface area is 183 Å². The van der Waals surface area contributed by atoms with Crippen molar-refractivity contribution in [1.29, 1.82) is 0 Å². The summed E-state index contributed by atoms with van der Waals surface area (Å²) in [4.78, 5) is 26.9. The molecule has 1 amide bonds. The van der Waals surface area contributed by atoms with Gasteiger partial charge in [0.15, 0.2) is 0 Å². The first-order valence-corrected chi connectivity index (χ1v) is 10.6. The number of benzene rings is 3. The lowest BCUT2D eigenvalue weighted by atomic mass is 9.78. The largest absolute Gasteiger partial charge is 0.426 e. The summed E-state index contributed by atoms with van der Waals surface area (Å²) in [6.07, 6.45) is 0.173. The van der Waals surface area contributed by atoms with Crippen molar-refractivity contribution in [3.05, 3.63) is 95.6 Å². The second-order valence-corrected chi connectivity index (χ2v) is 8.63. The van der Waals surface area contributed by atoms with Gasteiger partial charge in [0.1, 0.15) is 5.75 Å². The Balaban J connectivity index is 1.44. The van der Waals surface area contributed by atoms with E-state index in [2.05, 4.69) is 26.0 Å². The summed E-state index contributed by atoms with van der Waals surface area (Å²) >= 11 is 0. The molecule has 3 aromatic rings. The molecular weight excluding hydrogens is 386 g/mol. The highest BCUT2D eigenvalue weighted by Gasteiger charge is 2.37. The Hall–Kier alpha value is -3.40. The highest BCUT2D eigenvalue weighted by molar-refractivity contribution is 6.00. The number of hydrogen-bond acceptors (Lipinski definition) is 3. The Kier molecular flexibility index (Phi) is 5.64. The molecule has 0 bridgehead atoms. The molecule has 0 aliphatic carbocycles. The van der Waals surface area contributed by atoms with Crippen LogP contribution in [0.4, 0.5) is 5.69 Å². The molecule has 31 heavy (non-hydrogen) atoms. The summed E-state index contributed by atoms with van der Waals surface area (Å²) in [6, 6.07) is 25.7. The van der Waals surface area contributed by atoms with Gasteiger partial charge >= 0.3 is 5.97 Å². The molecule has 1 saturated heterocycles. The van der Waals surface area contributed by atoms with Crippen molar-refractivity contribution < 1.29 is 14.3 Å². The quantitative estimate of drug-likeness (QED) is 0.422. The predicted octanol–water partition coefficient (Wildman–Crippen LogP) is 5.28. The number of esters is 1. The van der Waals surface area contributed by atoms with E-state index in [9.17, 15) is 9.59 Å². The van der Waals surface area contributed by atoms with Gasteiger partial charge in [-0.1, -0.05) is 74.5 Å². The predicted molar refractivity (Wildman–Crippen MR) is 122 cm³/mol. The fourth-order valence-corrected chi connectivity index (χ4v) is 4.13. The van der Waals surface area contributed by atoms with Gasteiger partial charge in [-0.15, -0.1) is 0 Å². The maximum atomic E-state index is 12.7. The number of ether oxygens (including phenoxy) is 1. The Morgan fingerprint density at radius 1 is 0.903 bits per heavy atom. The summed E-state index contributed by atoms with van der Waals surface area (Å²) in [7, 11) is 0. The minimum atomic E-state index is -0.465. The van der Waals surface area contributed by atoms with Crippen LogP contribution in [0.15, 0.2) is 78.9 Å². The maximum absolute atomic E-state index is 12.7. The Morgan fingerprint density at radius 3 is 2.19 bits per heavy atom. The number of carbonyl (C=O) groups excluding carboxylic acids is 2. The van der Waals surface area contributed by atoms with Crippen molar-refractivity contribution in [2.24, 2.45) is 5.92 Å². The van der Waals surface area contributed by atoms with Crippen molar-refractivity contribution in [2.75, 3.05) is 11.4 Å². The zero-order chi connectivity index (χ0) is 22.0. The number of hydrogen-bond donors (Lipinski definition) is 0. The minimum absolute atomic E-state index is 0.0452. The first kappa shape index (κ1) is 20.9. The topological polar surface area (TPSA) is 46.6 Å². The smallest absolute Gasteiger partial charge is 0.316 e. The van der Waals surface area contributed by atoms with E-state index in [1.54, 1.807) is 4.90 Å². The summed E-state index contributed by atoms with van der Waals surface area (Å²) in [6.45, 7) is 6.66. The van der Waals surface area contributed by atoms with Crippen molar-refractivity contribution in [3.8, 4) is 5.75 Å². The number of anilines is 1. The van der Waals surface area contributed by atoms with Gasteiger partial charge in [-0.3, -0.25) is 9.59 Å². The van der Waals surface area contributed by atoms with Gasteiger partial charge in [0.25, 0.3) is 0 Å². The van der Waals surface area contributed by atoms with Gasteiger partial charge in [-0.25, -0.2) is 0 Å². The van der Waals surface area contributed by atoms with E-state index in [4.69, 9.17) is 4.74 Å². The van der Waals surface area contributed by atoms with Crippen molar-refractivity contribution in [2.45, 2.75) is 32.6 Å². The molecular formula is C27H27NO3. The molecule has 0 saturated carbocycles. The van der Waals surface area contributed by atoms with Crippen LogP contribution in [-0.2, 0) is 15.0 Å². The van der Waals surface area contributed by atoms with E-state index >= 15 is 0 Å². The van der Waals surface area contributed by atoms with Crippen LogP contribution >= 0.6 is 0 Å². The molecule has 4 nitrogen and oxygen atoms in total. The van der Waals surface area contributed by atoms with Crippen LogP contribution in [0.1, 0.15) is 37.0 Å². The monoisotopic (exact) mass is 413 g/mol. The molecule has 0 aromatic heterocycles. The van der Waals surface area contributed by atoms with Crippen LogP contribution in [0.2, 0.25) is 0 Å². The first-order valence-electron chi connectivity index (χ1n) is 10.6. The summed E-state index contributed by atoms with van der Waals surface area (Å²) in [5, 5.41) is 0. The second kappa shape index (κ2) is 8.38. The average molecular weight is 414 g/mol. The SMILES string of the molecule is Cc1ccccc1N1C[C@@H](C(=O)Oc2ccc(C(C)(C)c3ccccc3)cc2)CC1=O. The van der Waals surface area contributed by atoms with Crippen LogP contribution < -0.4 is 9.64 Å². The fourth-order valence-electron chi connectivity index (χ4n) is 4.13. The molecule has 0 radical (unpaired) electrons. The van der Waals surface area contributed by atoms with E-state index in [-0.39, 0.29) is 23.7 Å². The third-order valence-electron chi connectivity index (χ3n) is 6.15. The summed E-state index contributed by atoms with van der Waals surface area (Å²) in [5.74, 6) is -0.373. The zero-order valence-corrected chi connectivity index (χ0v) is 18.2. The average Bonchev–Trinajstić information content (AvgIpc) is 3.17.